The third kappa shape index (κ3) is 3.69. The van der Waals surface area contributed by atoms with Crippen molar-refractivity contribution in [1.82, 2.24) is 14.7 Å². The minimum absolute atomic E-state index is 0.151. The molecule has 7 nitrogen and oxygen atoms in total. The van der Waals surface area contributed by atoms with Crippen LogP contribution in [0.2, 0.25) is 0 Å². The van der Waals surface area contributed by atoms with Crippen LogP contribution in [0.5, 0.6) is 0 Å². The second kappa shape index (κ2) is 6.20. The van der Waals surface area contributed by atoms with Gasteiger partial charge in [-0.3, -0.25) is 9.48 Å². The Kier molecular flexibility index (Phi) is 4.89. The molecular weight excluding hydrogens is 246 g/mol. The van der Waals surface area contributed by atoms with E-state index in [1.807, 2.05) is 19.0 Å². The van der Waals surface area contributed by atoms with Crippen LogP contribution in [0.25, 0.3) is 0 Å². The van der Waals surface area contributed by atoms with E-state index in [4.69, 9.17) is 5.11 Å². The van der Waals surface area contributed by atoms with E-state index in [-0.39, 0.29) is 6.54 Å². The van der Waals surface area contributed by atoms with Gasteiger partial charge in [-0.2, -0.15) is 10.4 Å². The molecule has 104 valence electrons. The Morgan fingerprint density at radius 1 is 1.47 bits per heavy atom. The maximum atomic E-state index is 11.0. The predicted octanol–water partition coefficient (Wildman–Crippen LogP) is 0.0528. The molecule has 0 aliphatic carbocycles. The average Bonchev–Trinajstić information content (AvgIpc) is 2.58. The number of rotatable bonds is 6. The highest BCUT2D eigenvalue weighted by Gasteiger charge is 2.21. The van der Waals surface area contributed by atoms with Crippen molar-refractivity contribution >= 4 is 11.8 Å². The first-order valence-electron chi connectivity index (χ1n) is 5.92. The normalized spacial score (nSPS) is 10.5. The molecule has 0 spiro atoms. The third-order valence-corrected chi connectivity index (χ3v) is 2.75. The van der Waals surface area contributed by atoms with Gasteiger partial charge in [0.1, 0.15) is 24.0 Å². The Morgan fingerprint density at radius 3 is 2.58 bits per heavy atom. The molecule has 0 radical (unpaired) electrons. The van der Waals surface area contributed by atoms with Gasteiger partial charge >= 0.3 is 5.97 Å². The largest absolute Gasteiger partial charge is 0.480 e. The number of aliphatic carboxylic acids is 1. The molecule has 0 aromatic carbocycles. The average molecular weight is 265 g/mol. The van der Waals surface area contributed by atoms with Crippen LogP contribution >= 0.6 is 0 Å². The molecule has 1 N–H and O–H groups in total. The molecule has 1 aromatic rings. The zero-order valence-electron chi connectivity index (χ0n) is 11.7. The Hall–Kier alpha value is -2.07. The molecule has 0 saturated heterocycles. The third-order valence-electron chi connectivity index (χ3n) is 2.75. The number of carbonyl (C=O) groups is 1. The highest BCUT2D eigenvalue weighted by Crippen LogP contribution is 2.21. The van der Waals surface area contributed by atoms with Gasteiger partial charge in [-0.1, -0.05) is 0 Å². The van der Waals surface area contributed by atoms with E-state index in [0.29, 0.717) is 30.2 Å². The second-order valence-corrected chi connectivity index (χ2v) is 4.64. The number of nitrogens with zero attached hydrogens (tertiary/aromatic N) is 5. The van der Waals surface area contributed by atoms with E-state index in [9.17, 15) is 10.1 Å². The van der Waals surface area contributed by atoms with Crippen molar-refractivity contribution in [2.24, 2.45) is 7.05 Å². The van der Waals surface area contributed by atoms with Crippen molar-refractivity contribution in [3.05, 3.63) is 11.3 Å². The standard InChI is InChI=1S/C12H19N5O2/c1-9-10(7-13)12(16(4)14-9)17(8-11(18)19)6-5-15(2)3/h5-6,8H2,1-4H3,(H,18,19). The fourth-order valence-electron chi connectivity index (χ4n) is 1.88. The number of aromatic nitrogens is 2. The summed E-state index contributed by atoms with van der Waals surface area (Å²) in [5.41, 5.74) is 1.04. The highest BCUT2D eigenvalue weighted by atomic mass is 16.4. The van der Waals surface area contributed by atoms with Crippen molar-refractivity contribution in [3.8, 4) is 6.07 Å². The first-order chi connectivity index (χ1) is 8.86. The van der Waals surface area contributed by atoms with Crippen LogP contribution in [0, 0.1) is 18.3 Å². The number of aryl methyl sites for hydroxylation is 2. The first-order valence-corrected chi connectivity index (χ1v) is 5.92. The molecule has 1 aromatic heterocycles. The van der Waals surface area contributed by atoms with Crippen LogP contribution in [0.1, 0.15) is 11.3 Å². The monoisotopic (exact) mass is 265 g/mol. The van der Waals surface area contributed by atoms with Gasteiger partial charge in [0.2, 0.25) is 0 Å². The van der Waals surface area contributed by atoms with E-state index in [1.165, 1.54) is 0 Å². The first kappa shape index (κ1) is 15.0. The van der Waals surface area contributed by atoms with E-state index < -0.39 is 5.97 Å². The minimum Gasteiger partial charge on any atom is -0.480 e. The second-order valence-electron chi connectivity index (χ2n) is 4.64. The molecule has 7 heteroatoms. The molecule has 0 fully saturated rings. The lowest BCUT2D eigenvalue weighted by atomic mass is 10.2. The summed E-state index contributed by atoms with van der Waals surface area (Å²) in [4.78, 5) is 14.6. The van der Waals surface area contributed by atoms with Gasteiger partial charge in [0, 0.05) is 20.1 Å². The van der Waals surface area contributed by atoms with E-state index in [0.717, 1.165) is 0 Å². The number of carboxylic acid groups (broad SMARTS) is 1. The predicted molar refractivity (Wildman–Crippen MR) is 71.1 cm³/mol. The molecule has 1 rings (SSSR count). The van der Waals surface area contributed by atoms with Gasteiger partial charge in [-0.15, -0.1) is 0 Å². The quantitative estimate of drug-likeness (QED) is 0.782. The summed E-state index contributed by atoms with van der Waals surface area (Å²) >= 11 is 0. The summed E-state index contributed by atoms with van der Waals surface area (Å²) in [6.45, 7) is 2.81. The lowest BCUT2D eigenvalue weighted by molar-refractivity contribution is -0.135. The molecule has 0 aliphatic rings. The zero-order valence-corrected chi connectivity index (χ0v) is 11.7. The Morgan fingerprint density at radius 2 is 2.11 bits per heavy atom. The van der Waals surface area contributed by atoms with Crippen LogP contribution in [0.15, 0.2) is 0 Å². The topological polar surface area (TPSA) is 85.4 Å². The van der Waals surface area contributed by atoms with Crippen LogP contribution in [-0.4, -0.2) is 59.5 Å². The molecule has 0 bridgehead atoms. The summed E-state index contributed by atoms with van der Waals surface area (Å²) in [5.74, 6) is -0.370. The summed E-state index contributed by atoms with van der Waals surface area (Å²) < 4.78 is 1.56. The Balaban J connectivity index is 3.10. The molecule has 19 heavy (non-hydrogen) atoms. The number of carboxylic acids is 1. The molecule has 0 aliphatic heterocycles. The van der Waals surface area contributed by atoms with E-state index in [1.54, 1.807) is 23.6 Å². The fourth-order valence-corrected chi connectivity index (χ4v) is 1.88. The lowest BCUT2D eigenvalue weighted by Gasteiger charge is -2.24. The molecule has 0 saturated carbocycles. The van der Waals surface area contributed by atoms with Crippen molar-refractivity contribution in [3.63, 3.8) is 0 Å². The Labute approximate surface area is 112 Å². The molecule has 0 atom stereocenters. The van der Waals surface area contributed by atoms with Crippen molar-refractivity contribution in [2.75, 3.05) is 38.6 Å². The van der Waals surface area contributed by atoms with E-state index >= 15 is 0 Å². The number of nitriles is 1. The van der Waals surface area contributed by atoms with Gasteiger partial charge in [0.05, 0.1) is 5.69 Å². The zero-order chi connectivity index (χ0) is 14.6. The lowest BCUT2D eigenvalue weighted by Crippen LogP contribution is -2.37. The molecule has 0 unspecified atom stereocenters. The van der Waals surface area contributed by atoms with Gasteiger partial charge in [0.25, 0.3) is 0 Å². The highest BCUT2D eigenvalue weighted by molar-refractivity contribution is 5.74. The smallest absolute Gasteiger partial charge is 0.323 e. The van der Waals surface area contributed by atoms with Gasteiger partial charge < -0.3 is 14.9 Å². The summed E-state index contributed by atoms with van der Waals surface area (Å²) in [5, 5.41) is 22.4. The molecular formula is C12H19N5O2. The summed E-state index contributed by atoms with van der Waals surface area (Å²) in [7, 11) is 5.55. The number of hydrogen-bond acceptors (Lipinski definition) is 5. The van der Waals surface area contributed by atoms with Crippen molar-refractivity contribution < 1.29 is 9.90 Å². The van der Waals surface area contributed by atoms with Gasteiger partial charge in [0.15, 0.2) is 0 Å². The number of hydrogen-bond donors (Lipinski definition) is 1. The van der Waals surface area contributed by atoms with Crippen molar-refractivity contribution in [1.29, 1.82) is 5.26 Å². The van der Waals surface area contributed by atoms with Gasteiger partial charge in [-0.25, -0.2) is 0 Å². The summed E-state index contributed by atoms with van der Waals surface area (Å²) in [6, 6.07) is 2.09. The van der Waals surface area contributed by atoms with Crippen LogP contribution in [0.3, 0.4) is 0 Å². The number of anilines is 1. The maximum Gasteiger partial charge on any atom is 0.323 e. The molecule has 1 heterocycles. The van der Waals surface area contributed by atoms with Crippen LogP contribution in [-0.2, 0) is 11.8 Å². The minimum atomic E-state index is -0.929. The van der Waals surface area contributed by atoms with E-state index in [2.05, 4.69) is 11.2 Å². The van der Waals surface area contributed by atoms with Crippen LogP contribution < -0.4 is 4.90 Å². The van der Waals surface area contributed by atoms with Gasteiger partial charge in [-0.05, 0) is 21.0 Å². The van der Waals surface area contributed by atoms with Crippen molar-refractivity contribution in [2.45, 2.75) is 6.92 Å². The van der Waals surface area contributed by atoms with Crippen LogP contribution in [0.4, 0.5) is 5.82 Å². The number of likely N-dealkylation sites (N-methyl/N-ethyl adjacent to an activating group) is 1. The Bertz CT molecular complexity index is 501. The maximum absolute atomic E-state index is 11.0. The SMILES string of the molecule is Cc1nn(C)c(N(CCN(C)C)CC(=O)O)c1C#N. The summed E-state index contributed by atoms with van der Waals surface area (Å²) in [6.07, 6.45) is 0. The fraction of sp³-hybridized carbons (Fsp3) is 0.583. The molecule has 0 amide bonds.